The van der Waals surface area contributed by atoms with Gasteiger partial charge in [0, 0.05) is 17.8 Å². The first-order chi connectivity index (χ1) is 15.1. The van der Waals surface area contributed by atoms with Gasteiger partial charge in [0.2, 0.25) is 5.88 Å². The van der Waals surface area contributed by atoms with Crippen LogP contribution in [0.2, 0.25) is 0 Å². The van der Waals surface area contributed by atoms with Crippen molar-refractivity contribution in [1.29, 1.82) is 0 Å². The number of aliphatic hydroxyl groups excluding tert-OH is 1. The lowest BCUT2D eigenvalue weighted by molar-refractivity contribution is 0.0366. The van der Waals surface area contributed by atoms with Crippen LogP contribution in [-0.2, 0) is 13.0 Å². The standard InChI is InChI=1S/C23H27N5O3/c1-3-17-10-11-24-22(20(17)15-29)31-18-9-8-16(2)27(14-18)23(30)19-6-4-5-7-21(19)28-25-12-13-26-28/h4-7,10-13,16,18,29H,3,8-9,14-15H2,1-2H3/t16-,18-/m1/s1. The number of nitrogens with zero attached hydrogens (tertiary/aromatic N) is 5. The predicted molar refractivity (Wildman–Crippen MR) is 115 cm³/mol. The van der Waals surface area contributed by atoms with E-state index in [1.807, 2.05) is 36.1 Å². The number of carbonyl (C=O) groups excluding carboxylic acids is 1. The number of benzene rings is 1. The minimum atomic E-state index is -0.194. The Labute approximate surface area is 181 Å². The number of hydrogen-bond donors (Lipinski definition) is 1. The molecule has 0 saturated carbocycles. The van der Waals surface area contributed by atoms with Crippen LogP contribution in [0.4, 0.5) is 0 Å². The number of likely N-dealkylation sites (tertiary alicyclic amines) is 1. The fourth-order valence-electron chi connectivity index (χ4n) is 4.05. The molecule has 162 valence electrons. The molecule has 0 spiro atoms. The lowest BCUT2D eigenvalue weighted by Gasteiger charge is -2.38. The fraction of sp³-hybridized carbons (Fsp3) is 0.391. The number of pyridine rings is 1. The van der Waals surface area contributed by atoms with Gasteiger partial charge in [-0.3, -0.25) is 4.79 Å². The van der Waals surface area contributed by atoms with Gasteiger partial charge >= 0.3 is 0 Å². The average molecular weight is 422 g/mol. The number of amides is 1. The monoisotopic (exact) mass is 421 g/mol. The topological polar surface area (TPSA) is 93.4 Å². The highest BCUT2D eigenvalue weighted by molar-refractivity contribution is 5.98. The summed E-state index contributed by atoms with van der Waals surface area (Å²) in [6.07, 6.45) is 7.11. The largest absolute Gasteiger partial charge is 0.472 e. The lowest BCUT2D eigenvalue weighted by Crippen LogP contribution is -2.49. The van der Waals surface area contributed by atoms with Crippen molar-refractivity contribution in [3.05, 3.63) is 65.6 Å². The van der Waals surface area contributed by atoms with Crippen molar-refractivity contribution in [2.24, 2.45) is 0 Å². The van der Waals surface area contributed by atoms with Gasteiger partial charge in [-0.05, 0) is 49.9 Å². The van der Waals surface area contributed by atoms with E-state index in [4.69, 9.17) is 4.74 Å². The highest BCUT2D eigenvalue weighted by Crippen LogP contribution is 2.27. The Morgan fingerprint density at radius 1 is 1.16 bits per heavy atom. The fourth-order valence-corrected chi connectivity index (χ4v) is 4.05. The number of piperidine rings is 1. The van der Waals surface area contributed by atoms with E-state index in [1.54, 1.807) is 24.7 Å². The second-order valence-electron chi connectivity index (χ2n) is 7.72. The van der Waals surface area contributed by atoms with E-state index < -0.39 is 0 Å². The van der Waals surface area contributed by atoms with Crippen molar-refractivity contribution < 1.29 is 14.6 Å². The molecule has 4 rings (SSSR count). The number of ether oxygens (including phenoxy) is 1. The molecule has 8 nitrogen and oxygen atoms in total. The Kier molecular flexibility index (Phi) is 6.27. The summed E-state index contributed by atoms with van der Waals surface area (Å²) in [4.78, 5) is 21.1. The van der Waals surface area contributed by atoms with Gasteiger partial charge in [-0.1, -0.05) is 19.1 Å². The molecule has 1 aromatic carbocycles. The van der Waals surface area contributed by atoms with E-state index in [-0.39, 0.29) is 24.7 Å². The van der Waals surface area contributed by atoms with E-state index in [0.29, 0.717) is 23.7 Å². The summed E-state index contributed by atoms with van der Waals surface area (Å²) in [5.74, 6) is 0.376. The first kappa shape index (κ1) is 21.0. The molecule has 2 aromatic heterocycles. The summed E-state index contributed by atoms with van der Waals surface area (Å²) in [6, 6.07) is 9.33. The number of para-hydroxylation sites is 1. The number of aromatic nitrogens is 4. The Hall–Kier alpha value is -3.26. The normalized spacial score (nSPS) is 18.7. The Balaban J connectivity index is 1.56. The van der Waals surface area contributed by atoms with Crippen molar-refractivity contribution in [1.82, 2.24) is 24.9 Å². The van der Waals surface area contributed by atoms with Crippen LogP contribution in [0, 0.1) is 0 Å². The molecule has 0 aliphatic carbocycles. The molecule has 1 aliphatic heterocycles. The number of hydrogen-bond acceptors (Lipinski definition) is 6. The molecular weight excluding hydrogens is 394 g/mol. The Bertz CT molecular complexity index is 1040. The van der Waals surface area contributed by atoms with Crippen LogP contribution in [0.25, 0.3) is 5.69 Å². The smallest absolute Gasteiger partial charge is 0.256 e. The third-order valence-electron chi connectivity index (χ3n) is 5.80. The molecule has 3 aromatic rings. The first-order valence-electron chi connectivity index (χ1n) is 10.6. The zero-order valence-electron chi connectivity index (χ0n) is 17.8. The van der Waals surface area contributed by atoms with Crippen molar-refractivity contribution in [2.45, 2.75) is 51.9 Å². The lowest BCUT2D eigenvalue weighted by atomic mass is 9.99. The molecule has 31 heavy (non-hydrogen) atoms. The highest BCUT2D eigenvalue weighted by Gasteiger charge is 2.32. The van der Waals surface area contributed by atoms with Crippen molar-refractivity contribution in [3.8, 4) is 11.6 Å². The summed E-state index contributed by atoms with van der Waals surface area (Å²) >= 11 is 0. The zero-order valence-corrected chi connectivity index (χ0v) is 17.8. The molecule has 0 radical (unpaired) electrons. The van der Waals surface area contributed by atoms with Gasteiger partial charge < -0.3 is 14.7 Å². The molecule has 2 atom stereocenters. The van der Waals surface area contributed by atoms with Crippen LogP contribution in [0.3, 0.4) is 0 Å². The van der Waals surface area contributed by atoms with Crippen LogP contribution < -0.4 is 4.74 Å². The quantitative estimate of drug-likeness (QED) is 0.658. The summed E-state index contributed by atoms with van der Waals surface area (Å²) in [6.45, 7) is 4.41. The van der Waals surface area contributed by atoms with Gasteiger partial charge in [-0.2, -0.15) is 15.0 Å². The van der Waals surface area contributed by atoms with Gasteiger partial charge in [0.15, 0.2) is 0 Å². The second kappa shape index (κ2) is 9.26. The van der Waals surface area contributed by atoms with E-state index in [0.717, 1.165) is 30.4 Å². The number of aryl methyl sites for hydroxylation is 1. The van der Waals surface area contributed by atoms with Crippen molar-refractivity contribution >= 4 is 5.91 Å². The third kappa shape index (κ3) is 4.29. The third-order valence-corrected chi connectivity index (χ3v) is 5.80. The maximum atomic E-state index is 13.5. The van der Waals surface area contributed by atoms with E-state index in [9.17, 15) is 9.90 Å². The van der Waals surface area contributed by atoms with Crippen LogP contribution in [-0.4, -0.2) is 54.6 Å². The van der Waals surface area contributed by atoms with Crippen molar-refractivity contribution in [3.63, 3.8) is 0 Å². The summed E-state index contributed by atoms with van der Waals surface area (Å²) in [5.41, 5.74) is 2.93. The highest BCUT2D eigenvalue weighted by atomic mass is 16.5. The summed E-state index contributed by atoms with van der Waals surface area (Å²) in [5, 5.41) is 18.2. The van der Waals surface area contributed by atoms with E-state index in [1.165, 1.54) is 4.80 Å². The van der Waals surface area contributed by atoms with Crippen LogP contribution in [0.15, 0.2) is 48.9 Å². The molecule has 0 bridgehead atoms. The van der Waals surface area contributed by atoms with Gasteiger partial charge in [0.25, 0.3) is 5.91 Å². The minimum Gasteiger partial charge on any atom is -0.472 e. The summed E-state index contributed by atoms with van der Waals surface area (Å²) < 4.78 is 6.19. The Morgan fingerprint density at radius 2 is 1.94 bits per heavy atom. The molecule has 1 N–H and O–H groups in total. The minimum absolute atomic E-state index is 0.0775. The number of carbonyl (C=O) groups is 1. The second-order valence-corrected chi connectivity index (χ2v) is 7.72. The molecule has 0 unspecified atom stereocenters. The maximum Gasteiger partial charge on any atom is 0.256 e. The predicted octanol–water partition coefficient (Wildman–Crippen LogP) is 2.79. The first-order valence-corrected chi connectivity index (χ1v) is 10.6. The zero-order chi connectivity index (χ0) is 21.8. The molecule has 1 saturated heterocycles. The van der Waals surface area contributed by atoms with E-state index >= 15 is 0 Å². The number of aliphatic hydroxyl groups is 1. The molecular formula is C23H27N5O3. The van der Waals surface area contributed by atoms with Gasteiger partial charge in [0.05, 0.1) is 36.8 Å². The van der Waals surface area contributed by atoms with Gasteiger partial charge in [0.1, 0.15) is 6.10 Å². The van der Waals surface area contributed by atoms with Gasteiger partial charge in [-0.25, -0.2) is 4.98 Å². The summed E-state index contributed by atoms with van der Waals surface area (Å²) in [7, 11) is 0. The molecule has 8 heteroatoms. The SMILES string of the molecule is CCc1ccnc(O[C@@H]2CC[C@@H](C)N(C(=O)c3ccccc3-n3nccn3)C2)c1CO. The van der Waals surface area contributed by atoms with Crippen molar-refractivity contribution in [2.75, 3.05) is 6.54 Å². The maximum absolute atomic E-state index is 13.5. The van der Waals surface area contributed by atoms with Gasteiger partial charge in [-0.15, -0.1) is 0 Å². The Morgan fingerprint density at radius 3 is 2.68 bits per heavy atom. The molecule has 1 amide bonds. The van der Waals surface area contributed by atoms with Crippen LogP contribution in [0.1, 0.15) is 48.2 Å². The van der Waals surface area contributed by atoms with E-state index in [2.05, 4.69) is 22.1 Å². The number of rotatable bonds is 6. The molecule has 3 heterocycles. The van der Waals surface area contributed by atoms with Crippen LogP contribution in [0.5, 0.6) is 5.88 Å². The molecule has 1 aliphatic rings. The average Bonchev–Trinajstić information content (AvgIpc) is 3.34. The molecule has 1 fully saturated rings. The van der Waals surface area contributed by atoms with Crippen LogP contribution >= 0.6 is 0 Å².